The number of fused-ring (bicyclic) bond motifs is 2. The van der Waals surface area contributed by atoms with E-state index in [1.807, 2.05) is 0 Å². The SMILES string of the molecule is CC[n+]1cccc(C(=C2C=[NH+]c3ccccc32)c2c[nH]c3ccccc23)c1. The number of hydrogen-bond acceptors (Lipinski definition) is 0. The Bertz CT molecular complexity index is 1210. The van der Waals surface area contributed by atoms with Gasteiger partial charge in [-0.3, -0.25) is 0 Å². The maximum Gasteiger partial charge on any atom is 0.211 e. The van der Waals surface area contributed by atoms with Crippen molar-refractivity contribution in [1.82, 2.24) is 4.98 Å². The molecule has 2 aromatic heterocycles. The van der Waals surface area contributed by atoms with E-state index >= 15 is 0 Å². The molecule has 1 aliphatic rings. The fraction of sp³-hybridized carbons (Fsp3) is 0.0833. The number of benzene rings is 2. The molecule has 4 aromatic rings. The zero-order valence-electron chi connectivity index (χ0n) is 15.2. The van der Waals surface area contributed by atoms with Crippen LogP contribution in [0.25, 0.3) is 22.0 Å². The minimum absolute atomic E-state index is 0.947. The van der Waals surface area contributed by atoms with E-state index in [1.165, 1.54) is 33.2 Å². The largest absolute Gasteiger partial charge is 0.361 e. The predicted octanol–water partition coefficient (Wildman–Crippen LogP) is 3.23. The van der Waals surface area contributed by atoms with E-state index in [2.05, 4.69) is 107 Å². The van der Waals surface area contributed by atoms with Crippen molar-refractivity contribution >= 4 is 34.0 Å². The lowest BCUT2D eigenvalue weighted by atomic mass is 9.91. The Morgan fingerprint density at radius 1 is 1.00 bits per heavy atom. The van der Waals surface area contributed by atoms with Gasteiger partial charge < -0.3 is 4.98 Å². The fourth-order valence-electron chi connectivity index (χ4n) is 3.88. The average Bonchev–Trinajstić information content (AvgIpc) is 3.34. The third-order valence-corrected chi connectivity index (χ3v) is 5.23. The molecule has 27 heavy (non-hydrogen) atoms. The minimum atomic E-state index is 0.947. The fourth-order valence-corrected chi connectivity index (χ4v) is 3.88. The Morgan fingerprint density at radius 2 is 1.85 bits per heavy atom. The smallest absolute Gasteiger partial charge is 0.211 e. The first kappa shape index (κ1) is 15.8. The van der Waals surface area contributed by atoms with Crippen molar-refractivity contribution in [2.24, 2.45) is 0 Å². The van der Waals surface area contributed by atoms with Gasteiger partial charge in [-0.2, -0.15) is 0 Å². The van der Waals surface area contributed by atoms with Crippen LogP contribution in [0.1, 0.15) is 23.6 Å². The molecule has 0 radical (unpaired) electrons. The molecule has 1 aliphatic heterocycles. The second kappa shape index (κ2) is 6.36. The van der Waals surface area contributed by atoms with Crippen LogP contribution in [0.15, 0.2) is 79.3 Å². The maximum absolute atomic E-state index is 3.44. The number of allylic oxidation sites excluding steroid dienone is 1. The number of nitrogens with zero attached hydrogens (tertiary/aromatic N) is 1. The van der Waals surface area contributed by atoms with Crippen molar-refractivity contribution in [3.63, 3.8) is 0 Å². The number of para-hydroxylation sites is 2. The van der Waals surface area contributed by atoms with Gasteiger partial charge in [0.15, 0.2) is 18.6 Å². The molecule has 2 aromatic carbocycles. The van der Waals surface area contributed by atoms with Gasteiger partial charge in [0.25, 0.3) is 0 Å². The highest BCUT2D eigenvalue weighted by Gasteiger charge is 2.25. The average molecular weight is 351 g/mol. The Kier molecular flexibility index (Phi) is 3.72. The number of rotatable bonds is 3. The second-order valence-electron chi connectivity index (χ2n) is 6.79. The van der Waals surface area contributed by atoms with Crippen molar-refractivity contribution in [3.8, 4) is 0 Å². The Balaban J connectivity index is 1.84. The van der Waals surface area contributed by atoms with Crippen LogP contribution in [0, 0.1) is 0 Å². The summed E-state index contributed by atoms with van der Waals surface area (Å²) in [4.78, 5) is 6.88. The third-order valence-electron chi connectivity index (χ3n) is 5.23. The normalized spacial score (nSPS) is 14.6. The molecule has 0 amide bonds. The lowest BCUT2D eigenvalue weighted by Gasteiger charge is -2.09. The van der Waals surface area contributed by atoms with Gasteiger partial charge in [0.1, 0.15) is 6.54 Å². The zero-order chi connectivity index (χ0) is 18.2. The Hall–Kier alpha value is -3.46. The van der Waals surface area contributed by atoms with Gasteiger partial charge in [-0.1, -0.05) is 30.3 Å². The van der Waals surface area contributed by atoms with Gasteiger partial charge in [0, 0.05) is 45.9 Å². The van der Waals surface area contributed by atoms with E-state index in [4.69, 9.17) is 0 Å². The van der Waals surface area contributed by atoms with Gasteiger partial charge in [0.05, 0.1) is 11.1 Å². The van der Waals surface area contributed by atoms with Crippen LogP contribution in [0.5, 0.6) is 0 Å². The highest BCUT2D eigenvalue weighted by Crippen LogP contribution is 2.36. The molecule has 3 heterocycles. The van der Waals surface area contributed by atoms with Crippen molar-refractivity contribution in [2.45, 2.75) is 13.5 Å². The maximum atomic E-state index is 3.44. The quantitative estimate of drug-likeness (QED) is 0.532. The first-order chi connectivity index (χ1) is 13.3. The molecule has 130 valence electrons. The van der Waals surface area contributed by atoms with Gasteiger partial charge in [-0.05, 0) is 25.1 Å². The molecule has 0 atom stereocenters. The predicted molar refractivity (Wildman–Crippen MR) is 110 cm³/mol. The molecule has 0 bridgehead atoms. The van der Waals surface area contributed by atoms with Crippen molar-refractivity contribution in [1.29, 1.82) is 0 Å². The van der Waals surface area contributed by atoms with E-state index in [-0.39, 0.29) is 0 Å². The summed E-state index contributed by atoms with van der Waals surface area (Å²) >= 11 is 0. The Morgan fingerprint density at radius 3 is 2.78 bits per heavy atom. The standard InChI is InChI=1S/C24H20N3/c1-2-27-13-7-8-17(16-27)24(20-14-25-22-11-5-3-9-18(20)22)21-15-26-23-12-6-4-10-19(21)23/h3-16,25H,2H2,1H3/q+1/p+1. The zero-order valence-corrected chi connectivity index (χ0v) is 15.2. The van der Waals surface area contributed by atoms with E-state index in [0.717, 1.165) is 17.7 Å². The Labute approximate surface area is 158 Å². The molecule has 0 saturated carbocycles. The van der Waals surface area contributed by atoms with Crippen molar-refractivity contribution in [3.05, 3.63) is 95.9 Å². The molecule has 3 nitrogen and oxygen atoms in total. The van der Waals surface area contributed by atoms with Gasteiger partial charge in [0.2, 0.25) is 5.69 Å². The van der Waals surface area contributed by atoms with E-state index in [0.29, 0.717) is 0 Å². The molecular weight excluding hydrogens is 330 g/mol. The van der Waals surface area contributed by atoms with Gasteiger partial charge in [-0.25, -0.2) is 9.56 Å². The van der Waals surface area contributed by atoms with E-state index in [9.17, 15) is 0 Å². The number of H-pyrrole nitrogens is 1. The van der Waals surface area contributed by atoms with Crippen LogP contribution in [-0.2, 0) is 6.54 Å². The third kappa shape index (κ3) is 2.59. The van der Waals surface area contributed by atoms with Crippen LogP contribution in [0.4, 0.5) is 5.69 Å². The monoisotopic (exact) mass is 351 g/mol. The lowest BCUT2D eigenvalue weighted by Crippen LogP contribution is -2.58. The highest BCUT2D eigenvalue weighted by atomic mass is 14.9. The van der Waals surface area contributed by atoms with Crippen LogP contribution in [0.3, 0.4) is 0 Å². The number of hydrogen-bond donors (Lipinski definition) is 2. The molecule has 0 fully saturated rings. The highest BCUT2D eigenvalue weighted by molar-refractivity contribution is 6.24. The van der Waals surface area contributed by atoms with Crippen LogP contribution in [0.2, 0.25) is 0 Å². The summed E-state index contributed by atoms with van der Waals surface area (Å²) in [5, 5.41) is 1.24. The lowest BCUT2D eigenvalue weighted by molar-refractivity contribution is -0.693. The summed E-state index contributed by atoms with van der Waals surface area (Å²) in [6, 6.07) is 21.3. The molecule has 2 N–H and O–H groups in total. The molecule has 0 spiro atoms. The van der Waals surface area contributed by atoms with Crippen LogP contribution in [-0.4, -0.2) is 11.2 Å². The minimum Gasteiger partial charge on any atom is -0.361 e. The molecule has 0 aliphatic carbocycles. The van der Waals surface area contributed by atoms with E-state index in [1.54, 1.807) is 0 Å². The van der Waals surface area contributed by atoms with Crippen LogP contribution < -0.4 is 9.56 Å². The first-order valence-electron chi connectivity index (χ1n) is 9.34. The second-order valence-corrected chi connectivity index (χ2v) is 6.79. The van der Waals surface area contributed by atoms with Gasteiger partial charge >= 0.3 is 0 Å². The molecule has 5 rings (SSSR count). The summed E-state index contributed by atoms with van der Waals surface area (Å²) in [7, 11) is 0. The number of pyridine rings is 1. The summed E-state index contributed by atoms with van der Waals surface area (Å²) in [6.45, 7) is 3.11. The van der Waals surface area contributed by atoms with Crippen molar-refractivity contribution in [2.75, 3.05) is 0 Å². The summed E-state index contributed by atoms with van der Waals surface area (Å²) in [6.07, 6.45) is 8.61. The molecule has 0 saturated heterocycles. The number of aryl methyl sites for hydroxylation is 1. The summed E-state index contributed by atoms with van der Waals surface area (Å²) in [5.41, 5.74) is 8.47. The van der Waals surface area contributed by atoms with E-state index < -0.39 is 0 Å². The van der Waals surface area contributed by atoms with Crippen molar-refractivity contribution < 1.29 is 9.56 Å². The number of nitrogens with one attached hydrogen (secondary N) is 2. The van der Waals surface area contributed by atoms with Gasteiger partial charge in [-0.15, -0.1) is 0 Å². The molecule has 0 unspecified atom stereocenters. The summed E-state index contributed by atoms with van der Waals surface area (Å²) < 4.78 is 2.22. The molecular formula is C24H21N3+2. The first-order valence-corrected chi connectivity index (χ1v) is 9.34. The summed E-state index contributed by atoms with van der Waals surface area (Å²) in [5.74, 6) is 0. The topological polar surface area (TPSA) is 33.6 Å². The number of aromatic nitrogens is 2. The van der Waals surface area contributed by atoms with Crippen LogP contribution >= 0.6 is 0 Å². The number of aromatic amines is 1. The molecule has 3 heteroatoms.